The summed E-state index contributed by atoms with van der Waals surface area (Å²) in [6.07, 6.45) is 10.3. The lowest BCUT2D eigenvalue weighted by Crippen LogP contribution is -2.50. The number of nitrogens with zero attached hydrogens (tertiary/aromatic N) is 1. The van der Waals surface area contributed by atoms with Crippen molar-refractivity contribution in [3.8, 4) is 0 Å². The Morgan fingerprint density at radius 1 is 1.15 bits per heavy atom. The van der Waals surface area contributed by atoms with E-state index in [0.29, 0.717) is 23.5 Å². The summed E-state index contributed by atoms with van der Waals surface area (Å²) in [7, 11) is 0. The predicted molar refractivity (Wildman–Crippen MR) is 97.7 cm³/mol. The highest BCUT2D eigenvalue weighted by atomic mass is 16.6. The highest BCUT2D eigenvalue weighted by Gasteiger charge is 2.58. The molecule has 26 heavy (non-hydrogen) atoms. The average molecular weight is 359 g/mol. The zero-order valence-corrected chi connectivity index (χ0v) is 15.8. The van der Waals surface area contributed by atoms with Gasteiger partial charge >= 0.3 is 5.97 Å². The molecule has 0 saturated heterocycles. The van der Waals surface area contributed by atoms with Gasteiger partial charge in [-0.15, -0.1) is 0 Å². The van der Waals surface area contributed by atoms with Gasteiger partial charge in [0.2, 0.25) is 6.61 Å². The first-order chi connectivity index (χ1) is 12.3. The molecule has 3 fully saturated rings. The molecule has 4 rings (SSSR count). The molecule has 0 amide bonds. The van der Waals surface area contributed by atoms with Crippen LogP contribution in [0.1, 0.15) is 65.2 Å². The molecule has 142 valence electrons. The average Bonchev–Trinajstić information content (AvgIpc) is 2.90. The monoisotopic (exact) mass is 359 g/mol. The Kier molecular flexibility index (Phi) is 4.24. The van der Waals surface area contributed by atoms with Gasteiger partial charge in [0.1, 0.15) is 5.78 Å². The van der Waals surface area contributed by atoms with Crippen molar-refractivity contribution < 1.29 is 19.5 Å². The zero-order valence-electron chi connectivity index (χ0n) is 15.8. The van der Waals surface area contributed by atoms with Gasteiger partial charge in [-0.25, -0.2) is 4.79 Å². The quantitative estimate of drug-likeness (QED) is 0.774. The van der Waals surface area contributed by atoms with E-state index in [0.717, 1.165) is 50.7 Å². The minimum absolute atomic E-state index is 0.0648. The van der Waals surface area contributed by atoms with Crippen LogP contribution in [-0.2, 0) is 14.4 Å². The highest BCUT2D eigenvalue weighted by molar-refractivity contribution is 5.96. The minimum Gasteiger partial charge on any atom is -0.479 e. The van der Waals surface area contributed by atoms with Crippen molar-refractivity contribution in [1.29, 1.82) is 0 Å². The maximum atomic E-state index is 12.5. The molecule has 5 atom stereocenters. The standard InChI is InChI=1S/C21H29NO4/c1-20-9-7-14(22-26-12-19(24)25)11-13(20)3-4-15-16-5-6-18(23)21(16,2)10-8-17(15)20/h11,15-17H,3-10,12H2,1-2H3,(H,24,25)/b22-14-/t15-,16-,17-,20-,21-/m0/s1. The molecule has 4 aliphatic carbocycles. The fourth-order valence-electron chi connectivity index (χ4n) is 6.58. The predicted octanol–water partition coefficient (Wildman–Crippen LogP) is 3.98. The number of hydrogen-bond donors (Lipinski definition) is 1. The van der Waals surface area contributed by atoms with Crippen molar-refractivity contribution >= 4 is 17.5 Å². The Morgan fingerprint density at radius 2 is 1.92 bits per heavy atom. The molecule has 5 heteroatoms. The van der Waals surface area contributed by atoms with Gasteiger partial charge in [0, 0.05) is 11.8 Å². The summed E-state index contributed by atoms with van der Waals surface area (Å²) < 4.78 is 0. The van der Waals surface area contributed by atoms with E-state index in [1.54, 1.807) is 0 Å². The van der Waals surface area contributed by atoms with Crippen LogP contribution in [0.4, 0.5) is 0 Å². The molecular formula is C21H29NO4. The van der Waals surface area contributed by atoms with Crippen LogP contribution >= 0.6 is 0 Å². The fraction of sp³-hybridized carbons (Fsp3) is 0.762. The van der Waals surface area contributed by atoms with E-state index in [2.05, 4.69) is 25.1 Å². The molecule has 4 aliphatic rings. The van der Waals surface area contributed by atoms with Crippen molar-refractivity contribution in [2.24, 2.45) is 33.7 Å². The first-order valence-electron chi connectivity index (χ1n) is 9.99. The largest absolute Gasteiger partial charge is 0.479 e. The number of hydrogen-bond acceptors (Lipinski definition) is 4. The first-order valence-corrected chi connectivity index (χ1v) is 9.99. The summed E-state index contributed by atoms with van der Waals surface area (Å²) >= 11 is 0. The van der Waals surface area contributed by atoms with Gasteiger partial charge in [-0.1, -0.05) is 24.6 Å². The second-order valence-electron chi connectivity index (χ2n) is 9.17. The minimum atomic E-state index is -1.00. The number of carboxylic acids is 1. The number of carboxylic acid groups (broad SMARTS) is 1. The molecule has 5 nitrogen and oxygen atoms in total. The van der Waals surface area contributed by atoms with Crippen LogP contribution < -0.4 is 0 Å². The van der Waals surface area contributed by atoms with E-state index >= 15 is 0 Å². The van der Waals surface area contributed by atoms with E-state index in [4.69, 9.17) is 9.94 Å². The van der Waals surface area contributed by atoms with Crippen LogP contribution in [0.2, 0.25) is 0 Å². The Balaban J connectivity index is 1.56. The molecule has 0 unspecified atom stereocenters. The first kappa shape index (κ1) is 17.7. The maximum Gasteiger partial charge on any atom is 0.344 e. The Hall–Kier alpha value is -1.65. The van der Waals surface area contributed by atoms with Gasteiger partial charge in [-0.05, 0) is 74.2 Å². The number of fused-ring (bicyclic) bond motifs is 5. The number of oxime groups is 1. The molecule has 0 aromatic carbocycles. The summed E-state index contributed by atoms with van der Waals surface area (Å²) in [6.45, 7) is 4.25. The summed E-state index contributed by atoms with van der Waals surface area (Å²) in [5.74, 6) is 1.40. The van der Waals surface area contributed by atoms with E-state index in [1.165, 1.54) is 12.0 Å². The third-order valence-corrected chi connectivity index (χ3v) is 8.06. The van der Waals surface area contributed by atoms with Gasteiger partial charge in [0.05, 0.1) is 5.71 Å². The Bertz CT molecular complexity index is 696. The van der Waals surface area contributed by atoms with Crippen LogP contribution in [0.25, 0.3) is 0 Å². The van der Waals surface area contributed by atoms with Crippen molar-refractivity contribution in [2.75, 3.05) is 6.61 Å². The molecule has 0 bridgehead atoms. The molecule has 0 aromatic rings. The van der Waals surface area contributed by atoms with Crippen LogP contribution in [0, 0.1) is 28.6 Å². The Morgan fingerprint density at radius 3 is 2.69 bits per heavy atom. The van der Waals surface area contributed by atoms with E-state index in [-0.39, 0.29) is 17.4 Å². The molecule has 1 N–H and O–H groups in total. The summed E-state index contributed by atoms with van der Waals surface area (Å²) in [4.78, 5) is 28.0. The molecular weight excluding hydrogens is 330 g/mol. The van der Waals surface area contributed by atoms with Gasteiger partial charge in [-0.2, -0.15) is 0 Å². The number of aliphatic carboxylic acids is 1. The molecule has 0 aromatic heterocycles. The number of allylic oxidation sites excluding steroid dienone is 2. The molecule has 0 heterocycles. The number of carbonyl (C=O) groups excluding carboxylic acids is 1. The van der Waals surface area contributed by atoms with Crippen molar-refractivity contribution in [2.45, 2.75) is 65.2 Å². The van der Waals surface area contributed by atoms with Crippen LogP contribution in [0.15, 0.2) is 16.8 Å². The maximum absolute atomic E-state index is 12.5. The third-order valence-electron chi connectivity index (χ3n) is 8.06. The van der Waals surface area contributed by atoms with Crippen molar-refractivity contribution in [1.82, 2.24) is 0 Å². The number of carbonyl (C=O) groups is 2. The number of rotatable bonds is 3. The zero-order chi connectivity index (χ0) is 18.5. The molecule has 0 spiro atoms. The van der Waals surface area contributed by atoms with Crippen LogP contribution in [-0.4, -0.2) is 29.2 Å². The van der Waals surface area contributed by atoms with E-state index < -0.39 is 5.97 Å². The van der Waals surface area contributed by atoms with Crippen molar-refractivity contribution in [3.05, 3.63) is 11.6 Å². The molecule has 3 saturated carbocycles. The van der Waals surface area contributed by atoms with Gasteiger partial charge < -0.3 is 9.94 Å². The SMILES string of the molecule is C[C@]12CC/C(=N/OCC(=O)O)C=C1CC[C@@H]1[C@@H]2CC[C@]2(C)C(=O)CC[C@@H]12. The lowest BCUT2D eigenvalue weighted by molar-refractivity contribution is -0.142. The van der Waals surface area contributed by atoms with Crippen LogP contribution in [0.5, 0.6) is 0 Å². The van der Waals surface area contributed by atoms with E-state index in [1.807, 2.05) is 0 Å². The van der Waals surface area contributed by atoms with E-state index in [9.17, 15) is 9.59 Å². The topological polar surface area (TPSA) is 76.0 Å². The lowest BCUT2D eigenvalue weighted by atomic mass is 9.47. The normalized spacial score (nSPS) is 43.3. The van der Waals surface area contributed by atoms with Gasteiger partial charge in [0.25, 0.3) is 0 Å². The van der Waals surface area contributed by atoms with Gasteiger partial charge in [-0.3, -0.25) is 4.79 Å². The summed E-state index contributed by atoms with van der Waals surface area (Å²) in [6, 6.07) is 0. The Labute approximate surface area is 154 Å². The molecule has 0 aliphatic heterocycles. The highest BCUT2D eigenvalue weighted by Crippen LogP contribution is 2.64. The smallest absolute Gasteiger partial charge is 0.344 e. The number of Topliss-reactive ketones (excluding diaryl/α,β-unsaturated/α-hetero) is 1. The second-order valence-corrected chi connectivity index (χ2v) is 9.17. The fourth-order valence-corrected chi connectivity index (χ4v) is 6.58. The molecule has 0 radical (unpaired) electrons. The number of ketones is 1. The van der Waals surface area contributed by atoms with Crippen LogP contribution in [0.3, 0.4) is 0 Å². The summed E-state index contributed by atoms with van der Waals surface area (Å²) in [5.41, 5.74) is 2.45. The second kappa shape index (κ2) is 6.21. The van der Waals surface area contributed by atoms with Crippen molar-refractivity contribution in [3.63, 3.8) is 0 Å². The lowest BCUT2D eigenvalue weighted by Gasteiger charge is -2.57. The summed E-state index contributed by atoms with van der Waals surface area (Å²) in [5, 5.41) is 12.7. The van der Waals surface area contributed by atoms with Gasteiger partial charge in [0.15, 0.2) is 0 Å². The third kappa shape index (κ3) is 2.62.